The van der Waals surface area contributed by atoms with Crippen LogP contribution in [0.4, 0.5) is 0 Å². The zero-order valence-electron chi connectivity index (χ0n) is 18.5. The smallest absolute Gasteiger partial charge is 0.254 e. The topological polar surface area (TPSA) is 58.6 Å². The Hall–Kier alpha value is -2.31. The number of ether oxygens (including phenoxy) is 1. The zero-order valence-corrected chi connectivity index (χ0v) is 19.3. The minimum Gasteiger partial charge on any atom is -0.377 e. The Morgan fingerprint density at radius 1 is 1.00 bits per heavy atom. The number of benzene rings is 2. The number of hydrogen-bond donors (Lipinski definition) is 1. The van der Waals surface area contributed by atoms with Crippen LogP contribution < -0.4 is 5.32 Å². The molecule has 1 atom stereocenters. The van der Waals surface area contributed by atoms with Gasteiger partial charge in [0.1, 0.15) is 0 Å². The lowest BCUT2D eigenvalue weighted by Gasteiger charge is -2.33. The predicted octanol–water partition coefficient (Wildman–Crippen LogP) is 4.31. The van der Waals surface area contributed by atoms with Crippen molar-refractivity contribution in [2.75, 3.05) is 25.4 Å². The molecule has 2 aliphatic heterocycles. The van der Waals surface area contributed by atoms with Crippen LogP contribution >= 0.6 is 11.8 Å². The van der Waals surface area contributed by atoms with Crippen LogP contribution in [0.25, 0.3) is 0 Å². The molecule has 2 heterocycles. The Kier molecular flexibility index (Phi) is 8.24. The summed E-state index contributed by atoms with van der Waals surface area (Å²) in [4.78, 5) is 28.5. The highest BCUT2D eigenvalue weighted by atomic mass is 32.2. The van der Waals surface area contributed by atoms with E-state index in [9.17, 15) is 9.59 Å². The van der Waals surface area contributed by atoms with E-state index < -0.39 is 0 Å². The molecule has 32 heavy (non-hydrogen) atoms. The Morgan fingerprint density at radius 2 is 1.75 bits per heavy atom. The molecule has 0 aromatic heterocycles. The molecule has 170 valence electrons. The quantitative estimate of drug-likeness (QED) is 0.607. The van der Waals surface area contributed by atoms with Crippen molar-refractivity contribution in [3.63, 3.8) is 0 Å². The second-order valence-electron chi connectivity index (χ2n) is 8.56. The fourth-order valence-corrected chi connectivity index (χ4v) is 5.44. The van der Waals surface area contributed by atoms with Gasteiger partial charge in [0.05, 0.1) is 11.7 Å². The summed E-state index contributed by atoms with van der Waals surface area (Å²) in [5.74, 6) is 1.07. The van der Waals surface area contributed by atoms with Gasteiger partial charge in [-0.15, -0.1) is 11.8 Å². The number of aryl methyl sites for hydroxylation is 1. The summed E-state index contributed by atoms with van der Waals surface area (Å²) in [7, 11) is 0. The number of likely N-dealkylation sites (tertiary alicyclic amines) is 1. The number of carbonyl (C=O) groups is 2. The Bertz CT molecular complexity index is 891. The molecule has 0 bridgehead atoms. The van der Waals surface area contributed by atoms with E-state index in [0.29, 0.717) is 25.6 Å². The fourth-order valence-electron chi connectivity index (χ4n) is 4.33. The van der Waals surface area contributed by atoms with Gasteiger partial charge in [0.25, 0.3) is 5.91 Å². The van der Waals surface area contributed by atoms with Crippen molar-refractivity contribution in [2.45, 2.75) is 55.6 Å². The Balaban J connectivity index is 1.24. The number of nitrogens with one attached hydrogen (secondary N) is 1. The first kappa shape index (κ1) is 22.9. The van der Waals surface area contributed by atoms with Crippen LogP contribution in [-0.4, -0.2) is 54.3 Å². The maximum Gasteiger partial charge on any atom is 0.254 e. The number of rotatable bonds is 8. The second-order valence-corrected chi connectivity index (χ2v) is 9.62. The first-order valence-electron chi connectivity index (χ1n) is 11.6. The third-order valence-corrected chi connectivity index (χ3v) is 7.40. The summed E-state index contributed by atoms with van der Waals surface area (Å²) in [6.45, 7) is 2.20. The van der Waals surface area contributed by atoms with Gasteiger partial charge in [0, 0.05) is 42.8 Å². The molecular weight excluding hydrogens is 420 g/mol. The van der Waals surface area contributed by atoms with Crippen molar-refractivity contribution in [1.82, 2.24) is 10.2 Å². The molecule has 0 aliphatic carbocycles. The molecule has 2 aromatic rings. The predicted molar refractivity (Wildman–Crippen MR) is 128 cm³/mol. The average molecular weight is 453 g/mol. The van der Waals surface area contributed by atoms with Crippen molar-refractivity contribution < 1.29 is 14.3 Å². The number of piperidine rings is 1. The molecule has 2 aromatic carbocycles. The molecule has 2 amide bonds. The van der Waals surface area contributed by atoms with E-state index in [1.807, 2.05) is 59.5 Å². The van der Waals surface area contributed by atoms with Gasteiger partial charge < -0.3 is 15.0 Å². The lowest BCUT2D eigenvalue weighted by Crippen LogP contribution is -2.46. The molecule has 6 heteroatoms. The Labute approximate surface area is 194 Å². The van der Waals surface area contributed by atoms with E-state index in [-0.39, 0.29) is 17.9 Å². The van der Waals surface area contributed by atoms with Crippen molar-refractivity contribution >= 4 is 23.6 Å². The van der Waals surface area contributed by atoms with Crippen LogP contribution in [-0.2, 0) is 16.0 Å². The fraction of sp³-hybridized carbons (Fsp3) is 0.462. The molecule has 0 saturated carbocycles. The number of nitrogens with zero attached hydrogens (tertiary/aromatic N) is 1. The number of hydrogen-bond acceptors (Lipinski definition) is 4. The third-order valence-electron chi connectivity index (χ3n) is 6.20. The number of carbonyl (C=O) groups excluding carboxylic acids is 2. The van der Waals surface area contributed by atoms with Gasteiger partial charge in [-0.2, -0.15) is 0 Å². The Morgan fingerprint density at radius 3 is 2.50 bits per heavy atom. The highest BCUT2D eigenvalue weighted by Gasteiger charge is 2.26. The third kappa shape index (κ3) is 6.36. The van der Waals surface area contributed by atoms with Crippen LogP contribution in [0, 0.1) is 0 Å². The molecule has 2 saturated heterocycles. The van der Waals surface area contributed by atoms with E-state index in [0.717, 1.165) is 54.9 Å². The number of amides is 2. The van der Waals surface area contributed by atoms with E-state index in [2.05, 4.69) is 5.32 Å². The maximum atomic E-state index is 13.2. The van der Waals surface area contributed by atoms with Gasteiger partial charge in [-0.1, -0.05) is 42.5 Å². The van der Waals surface area contributed by atoms with Crippen molar-refractivity contribution in [3.05, 3.63) is 65.7 Å². The van der Waals surface area contributed by atoms with E-state index >= 15 is 0 Å². The highest BCUT2D eigenvalue weighted by Crippen LogP contribution is 2.28. The standard InChI is InChI=1S/C26H32N2O3S/c29-25(13-12-20-7-2-1-3-8-20)27-21-14-16-28(17-15-21)26(30)23-10-4-5-11-24(23)32-19-22-9-6-18-31-22/h1-5,7-8,10-11,21-22H,6,9,12-19H2,(H,27,29). The van der Waals surface area contributed by atoms with Gasteiger partial charge >= 0.3 is 0 Å². The largest absolute Gasteiger partial charge is 0.377 e. The molecule has 5 nitrogen and oxygen atoms in total. The molecule has 1 N–H and O–H groups in total. The van der Waals surface area contributed by atoms with Gasteiger partial charge in [-0.3, -0.25) is 9.59 Å². The summed E-state index contributed by atoms with van der Waals surface area (Å²) >= 11 is 1.72. The van der Waals surface area contributed by atoms with Crippen LogP contribution in [0.2, 0.25) is 0 Å². The molecule has 0 radical (unpaired) electrons. The van der Waals surface area contributed by atoms with Gasteiger partial charge in [0.2, 0.25) is 5.91 Å². The first-order valence-corrected chi connectivity index (χ1v) is 12.6. The summed E-state index contributed by atoms with van der Waals surface area (Å²) < 4.78 is 5.73. The summed E-state index contributed by atoms with van der Waals surface area (Å²) in [6, 6.07) is 18.1. The molecule has 2 fully saturated rings. The lowest BCUT2D eigenvalue weighted by atomic mass is 10.0. The normalized spacial score (nSPS) is 19.1. The molecular formula is C26H32N2O3S. The minimum atomic E-state index is 0.0919. The van der Waals surface area contributed by atoms with Crippen LogP contribution in [0.1, 0.15) is 48.0 Å². The molecule has 4 rings (SSSR count). The maximum absolute atomic E-state index is 13.2. The van der Waals surface area contributed by atoms with Gasteiger partial charge in [0.15, 0.2) is 0 Å². The summed E-state index contributed by atoms with van der Waals surface area (Å²) in [5, 5.41) is 3.16. The molecule has 1 unspecified atom stereocenters. The van der Waals surface area contributed by atoms with Gasteiger partial charge in [-0.05, 0) is 49.8 Å². The average Bonchev–Trinajstić information content (AvgIpc) is 3.36. The lowest BCUT2D eigenvalue weighted by molar-refractivity contribution is -0.122. The van der Waals surface area contributed by atoms with E-state index in [1.165, 1.54) is 5.56 Å². The minimum absolute atomic E-state index is 0.0919. The zero-order chi connectivity index (χ0) is 22.2. The highest BCUT2D eigenvalue weighted by molar-refractivity contribution is 7.99. The summed E-state index contributed by atoms with van der Waals surface area (Å²) in [6.07, 6.45) is 5.38. The summed E-state index contributed by atoms with van der Waals surface area (Å²) in [5.41, 5.74) is 1.96. The SMILES string of the molecule is O=C(CCc1ccccc1)NC1CCN(C(=O)c2ccccc2SCC2CCCO2)CC1. The van der Waals surface area contributed by atoms with Gasteiger partial charge in [-0.25, -0.2) is 0 Å². The van der Waals surface area contributed by atoms with E-state index in [4.69, 9.17) is 4.74 Å². The monoisotopic (exact) mass is 452 g/mol. The molecule has 2 aliphatic rings. The first-order chi connectivity index (χ1) is 15.7. The van der Waals surface area contributed by atoms with Crippen molar-refractivity contribution in [3.8, 4) is 0 Å². The van der Waals surface area contributed by atoms with Crippen LogP contribution in [0.3, 0.4) is 0 Å². The van der Waals surface area contributed by atoms with Crippen LogP contribution in [0.5, 0.6) is 0 Å². The second kappa shape index (κ2) is 11.5. The van der Waals surface area contributed by atoms with Crippen molar-refractivity contribution in [2.24, 2.45) is 0 Å². The van der Waals surface area contributed by atoms with Crippen molar-refractivity contribution in [1.29, 1.82) is 0 Å². The number of thioether (sulfide) groups is 1. The molecule has 0 spiro atoms. The van der Waals surface area contributed by atoms with E-state index in [1.54, 1.807) is 11.8 Å². The van der Waals surface area contributed by atoms with Crippen LogP contribution in [0.15, 0.2) is 59.5 Å².